The first-order chi connectivity index (χ1) is 20.8. The minimum absolute atomic E-state index is 0.00183. The lowest BCUT2D eigenvalue weighted by molar-refractivity contribution is -0.125. The highest BCUT2D eigenvalue weighted by atomic mass is 16.3. The van der Waals surface area contributed by atoms with Crippen LogP contribution in [-0.4, -0.2) is 102 Å². The van der Waals surface area contributed by atoms with Crippen LogP contribution in [-0.2, 0) is 11.2 Å². The van der Waals surface area contributed by atoms with Crippen LogP contribution in [0, 0.1) is 23.7 Å². The molecule has 5 atom stereocenters. The molecule has 4 rings (SSSR count). The third-order valence-corrected chi connectivity index (χ3v) is 6.86. The maximum Gasteiger partial charge on any atom is 0.316 e. The fourth-order valence-electron chi connectivity index (χ4n) is 4.77. The lowest BCUT2D eigenvalue weighted by atomic mass is 10.1. The lowest BCUT2D eigenvalue weighted by Crippen LogP contribution is -2.44. The predicted octanol–water partition coefficient (Wildman–Crippen LogP) is -1.34. The van der Waals surface area contributed by atoms with Gasteiger partial charge in [0.05, 0.1) is 44.1 Å². The molecule has 2 heterocycles. The van der Waals surface area contributed by atoms with Crippen LogP contribution in [0.1, 0.15) is 30.8 Å². The van der Waals surface area contributed by atoms with Crippen molar-refractivity contribution in [3.63, 3.8) is 0 Å². The molecule has 1 aromatic carbocycles. The molecule has 43 heavy (non-hydrogen) atoms. The van der Waals surface area contributed by atoms with Crippen molar-refractivity contribution in [3.8, 4) is 23.7 Å². The number of anilines is 1. The van der Waals surface area contributed by atoms with Gasteiger partial charge in [-0.15, -0.1) is 5.92 Å². The molecule has 0 saturated heterocycles. The molecule has 1 saturated carbocycles. The molecule has 8 N–H and O–H groups in total. The summed E-state index contributed by atoms with van der Waals surface area (Å²) in [6.45, 7) is 0.923. The van der Waals surface area contributed by atoms with E-state index < -0.39 is 48.9 Å². The quantitative estimate of drug-likeness (QED) is 0.130. The number of rotatable bonds is 10. The Kier molecular flexibility index (Phi) is 10.9. The van der Waals surface area contributed by atoms with Crippen molar-refractivity contribution < 1.29 is 30.0 Å². The molecule has 2 aromatic heterocycles. The normalized spacial score (nSPS) is 19.8. The van der Waals surface area contributed by atoms with Gasteiger partial charge in [0.25, 0.3) is 0 Å². The Balaban J connectivity index is 1.64. The number of aliphatic hydroxyl groups is 4. The summed E-state index contributed by atoms with van der Waals surface area (Å²) in [7, 11) is 0. The van der Waals surface area contributed by atoms with E-state index in [1.54, 1.807) is 11.5 Å². The Labute approximate surface area is 248 Å². The number of imidazole rings is 1. The standard InChI is InChI=1S/C29H34N8O6/c1-2-3-11-30-29(43)31-12-7-10-22-35-27(33-19(15-38)13-18-8-5-4-6-9-18)24-28(36-22)37(17-32-24)21-14-20(25(41)26(21)42)34-23(40)16-39/h4-6,8-9,17,19-21,25-26,38-39,41-42H,11-16H2,1H3,(H,34,40)(H2,30,31,43)(H,33,35,36)/t19-,20-,21+,25+,26-/m0/s1. The van der Waals surface area contributed by atoms with Crippen molar-refractivity contribution in [1.29, 1.82) is 0 Å². The molecule has 0 spiro atoms. The van der Waals surface area contributed by atoms with Gasteiger partial charge in [0.1, 0.15) is 18.8 Å². The maximum absolute atomic E-state index is 11.9. The summed E-state index contributed by atoms with van der Waals surface area (Å²) in [6, 6.07) is 7.23. The second-order valence-corrected chi connectivity index (χ2v) is 9.81. The van der Waals surface area contributed by atoms with E-state index in [1.165, 1.54) is 6.33 Å². The molecular formula is C29H34N8O6. The van der Waals surface area contributed by atoms with Crippen molar-refractivity contribution >= 4 is 28.9 Å². The zero-order chi connectivity index (χ0) is 30.8. The van der Waals surface area contributed by atoms with E-state index in [-0.39, 0.29) is 31.9 Å². The summed E-state index contributed by atoms with van der Waals surface area (Å²) in [4.78, 5) is 37.1. The third kappa shape index (κ3) is 7.97. The van der Waals surface area contributed by atoms with Crippen molar-refractivity contribution in [3.05, 3.63) is 48.0 Å². The van der Waals surface area contributed by atoms with Gasteiger partial charge in [-0.05, 0) is 31.2 Å². The third-order valence-electron chi connectivity index (χ3n) is 6.86. The van der Waals surface area contributed by atoms with E-state index >= 15 is 0 Å². The van der Waals surface area contributed by atoms with Gasteiger partial charge in [-0.1, -0.05) is 42.2 Å². The Hall–Kier alpha value is -4.73. The number of nitrogens with zero attached hydrogens (tertiary/aromatic N) is 4. The molecule has 1 aliphatic carbocycles. The number of hydrogen-bond acceptors (Lipinski definition) is 10. The molecule has 0 unspecified atom stereocenters. The molecule has 0 bridgehead atoms. The number of hydrogen-bond donors (Lipinski definition) is 8. The average Bonchev–Trinajstić information content (AvgIpc) is 3.55. The number of aliphatic hydroxyl groups excluding tert-OH is 4. The summed E-state index contributed by atoms with van der Waals surface area (Å²) in [5, 5.41) is 51.6. The van der Waals surface area contributed by atoms with Crippen LogP contribution in [0.4, 0.5) is 10.6 Å². The first-order valence-electron chi connectivity index (χ1n) is 13.7. The predicted molar refractivity (Wildman–Crippen MR) is 156 cm³/mol. The van der Waals surface area contributed by atoms with Crippen LogP contribution in [0.3, 0.4) is 0 Å². The van der Waals surface area contributed by atoms with Gasteiger partial charge in [0.15, 0.2) is 17.0 Å². The summed E-state index contributed by atoms with van der Waals surface area (Å²) in [5.74, 6) is 10.7. The highest BCUT2D eigenvalue weighted by molar-refractivity contribution is 5.84. The molecule has 14 heteroatoms. The first-order valence-corrected chi connectivity index (χ1v) is 13.7. The van der Waals surface area contributed by atoms with E-state index in [4.69, 9.17) is 5.11 Å². The average molecular weight is 591 g/mol. The topological polar surface area (TPSA) is 207 Å². The summed E-state index contributed by atoms with van der Waals surface area (Å²) in [6.07, 6.45) is -0.477. The van der Waals surface area contributed by atoms with Gasteiger partial charge >= 0.3 is 6.03 Å². The largest absolute Gasteiger partial charge is 0.394 e. The number of urea groups is 1. The highest BCUT2D eigenvalue weighted by Gasteiger charge is 2.43. The zero-order valence-electron chi connectivity index (χ0n) is 23.5. The fourth-order valence-corrected chi connectivity index (χ4v) is 4.77. The molecule has 3 amide bonds. The Morgan fingerprint density at radius 1 is 1.07 bits per heavy atom. The number of benzene rings is 1. The van der Waals surface area contributed by atoms with Gasteiger partial charge in [-0.3, -0.25) is 4.79 Å². The number of fused-ring (bicyclic) bond motifs is 1. The minimum atomic E-state index is -1.29. The summed E-state index contributed by atoms with van der Waals surface area (Å²) in [5.41, 5.74) is 1.64. The van der Waals surface area contributed by atoms with Gasteiger partial charge in [0.2, 0.25) is 11.7 Å². The number of aromatic nitrogens is 4. The fraction of sp³-hybridized carbons (Fsp3) is 0.414. The van der Waals surface area contributed by atoms with Crippen LogP contribution in [0.5, 0.6) is 0 Å². The Bertz CT molecular complexity index is 1540. The molecule has 14 nitrogen and oxygen atoms in total. The van der Waals surface area contributed by atoms with Crippen LogP contribution < -0.4 is 21.3 Å². The molecular weight excluding hydrogens is 556 g/mol. The highest BCUT2D eigenvalue weighted by Crippen LogP contribution is 2.34. The summed E-state index contributed by atoms with van der Waals surface area (Å²) >= 11 is 0. The van der Waals surface area contributed by atoms with Crippen molar-refractivity contribution in [1.82, 2.24) is 35.5 Å². The molecule has 0 aliphatic heterocycles. The van der Waals surface area contributed by atoms with Crippen LogP contribution in [0.15, 0.2) is 36.7 Å². The molecule has 0 radical (unpaired) electrons. The van der Waals surface area contributed by atoms with Crippen LogP contribution in [0.2, 0.25) is 0 Å². The van der Waals surface area contributed by atoms with Gasteiger partial charge in [-0.2, -0.15) is 0 Å². The van der Waals surface area contributed by atoms with Gasteiger partial charge in [-0.25, -0.2) is 19.7 Å². The summed E-state index contributed by atoms with van der Waals surface area (Å²) < 4.78 is 1.58. The number of amides is 3. The molecule has 1 fully saturated rings. The maximum atomic E-state index is 11.9. The van der Waals surface area contributed by atoms with Crippen molar-refractivity contribution in [2.75, 3.05) is 31.6 Å². The number of nitrogens with one attached hydrogen (secondary N) is 4. The van der Waals surface area contributed by atoms with Crippen molar-refractivity contribution in [2.24, 2.45) is 0 Å². The van der Waals surface area contributed by atoms with Crippen molar-refractivity contribution in [2.45, 2.75) is 50.1 Å². The van der Waals surface area contributed by atoms with Crippen LogP contribution in [0.25, 0.3) is 11.2 Å². The first kappa shape index (κ1) is 31.2. The Morgan fingerprint density at radius 2 is 1.81 bits per heavy atom. The van der Waals surface area contributed by atoms with E-state index in [0.29, 0.717) is 23.4 Å². The SMILES string of the molecule is CC#CCNC(=O)NCC#Cc1nc(N[C@H](CO)Cc2ccccc2)c2ncn([C@@H]3C[C@H](NC(=O)CO)[C@@H](O)[C@H]3O)c2n1. The second-order valence-electron chi connectivity index (χ2n) is 9.81. The number of carbonyl (C=O) groups is 2. The van der Waals surface area contributed by atoms with E-state index in [2.05, 4.69) is 59.9 Å². The zero-order valence-corrected chi connectivity index (χ0v) is 23.5. The second kappa shape index (κ2) is 14.9. The smallest absolute Gasteiger partial charge is 0.316 e. The minimum Gasteiger partial charge on any atom is -0.394 e. The Morgan fingerprint density at radius 3 is 2.51 bits per heavy atom. The van der Waals surface area contributed by atoms with E-state index in [1.807, 2.05) is 30.3 Å². The monoisotopic (exact) mass is 590 g/mol. The van der Waals surface area contributed by atoms with Gasteiger partial charge < -0.3 is 46.3 Å². The number of carbonyl (C=O) groups excluding carboxylic acids is 2. The molecule has 1 aliphatic rings. The lowest BCUT2D eigenvalue weighted by Gasteiger charge is -2.19. The van der Waals surface area contributed by atoms with Gasteiger partial charge in [0, 0.05) is 0 Å². The van der Waals surface area contributed by atoms with Crippen LogP contribution >= 0.6 is 0 Å². The van der Waals surface area contributed by atoms with E-state index in [9.17, 15) is 24.9 Å². The molecule has 226 valence electrons. The molecule has 3 aromatic rings. The van der Waals surface area contributed by atoms with E-state index in [0.717, 1.165) is 5.56 Å².